The summed E-state index contributed by atoms with van der Waals surface area (Å²) in [5.41, 5.74) is 4.38. The zero-order chi connectivity index (χ0) is 23.7. The van der Waals surface area contributed by atoms with Gasteiger partial charge in [0.25, 0.3) is 0 Å². The standard InChI is InChI=1S/C23H40.C5H8.C2H6/c1-8-18(4)15-21-11-13-22(14-12-21)23(7,16-19(5)9-2)17-20(6)10-3;1-4-5(2)3;1-2/h11-14,18-20H,8-10,15-17H2,1-7H3;4H,1-2H2,3H3;1-2H3/t18?,19-,20-;;/m0../s1. The summed E-state index contributed by atoms with van der Waals surface area (Å²) in [6.07, 6.45) is 9.37. The van der Waals surface area contributed by atoms with Crippen LogP contribution in [0, 0.1) is 17.8 Å². The maximum Gasteiger partial charge on any atom is -0.00702 e. The first-order chi connectivity index (χ1) is 14.1. The quantitative estimate of drug-likeness (QED) is 0.316. The third-order valence-electron chi connectivity index (χ3n) is 6.27. The Balaban J connectivity index is 0. The third-order valence-corrected chi connectivity index (χ3v) is 6.27. The highest BCUT2D eigenvalue weighted by molar-refractivity contribution is 5.29. The molecule has 1 aromatic carbocycles. The van der Waals surface area contributed by atoms with Crippen molar-refractivity contribution in [3.8, 4) is 0 Å². The van der Waals surface area contributed by atoms with E-state index in [0.29, 0.717) is 5.41 Å². The van der Waals surface area contributed by atoms with Crippen LogP contribution in [0.2, 0.25) is 0 Å². The van der Waals surface area contributed by atoms with Crippen LogP contribution in [0.3, 0.4) is 0 Å². The lowest BCUT2D eigenvalue weighted by Gasteiger charge is -2.35. The molecule has 0 amide bonds. The summed E-state index contributed by atoms with van der Waals surface area (Å²) in [4.78, 5) is 0. The van der Waals surface area contributed by atoms with Gasteiger partial charge in [0.15, 0.2) is 0 Å². The molecule has 0 heterocycles. The number of allylic oxidation sites excluding steroid dienone is 2. The Hall–Kier alpha value is -1.30. The largest absolute Gasteiger partial charge is 0.0988 e. The summed E-state index contributed by atoms with van der Waals surface area (Å²) < 4.78 is 0. The van der Waals surface area contributed by atoms with E-state index in [1.807, 2.05) is 20.8 Å². The molecule has 0 fully saturated rings. The second kappa shape index (κ2) is 17.4. The van der Waals surface area contributed by atoms with E-state index in [4.69, 9.17) is 0 Å². The van der Waals surface area contributed by atoms with E-state index in [9.17, 15) is 0 Å². The molecule has 0 nitrogen and oxygen atoms in total. The average molecular weight is 415 g/mol. The lowest BCUT2D eigenvalue weighted by atomic mass is 9.69. The molecule has 0 heteroatoms. The molecule has 0 aliphatic carbocycles. The highest BCUT2D eigenvalue weighted by Gasteiger charge is 2.29. The molecule has 0 saturated carbocycles. The van der Waals surface area contributed by atoms with E-state index >= 15 is 0 Å². The zero-order valence-electron chi connectivity index (χ0n) is 22.3. The van der Waals surface area contributed by atoms with Crippen molar-refractivity contribution in [3.05, 3.63) is 60.2 Å². The van der Waals surface area contributed by atoms with E-state index in [1.54, 1.807) is 11.6 Å². The molecule has 0 aliphatic heterocycles. The first kappa shape index (κ1) is 30.9. The van der Waals surface area contributed by atoms with E-state index < -0.39 is 0 Å². The molecule has 1 rings (SSSR count). The smallest absolute Gasteiger partial charge is 0.00702 e. The first-order valence-electron chi connectivity index (χ1n) is 12.5. The van der Waals surface area contributed by atoms with Gasteiger partial charge in [-0.15, -0.1) is 0 Å². The predicted octanol–water partition coefficient (Wildman–Crippen LogP) is 10.2. The molecule has 0 aliphatic rings. The predicted molar refractivity (Wildman–Crippen MR) is 141 cm³/mol. The molecule has 0 aromatic heterocycles. The van der Waals surface area contributed by atoms with Crippen molar-refractivity contribution < 1.29 is 0 Å². The molecular weight excluding hydrogens is 360 g/mol. The van der Waals surface area contributed by atoms with Crippen molar-refractivity contribution in [2.45, 2.75) is 113 Å². The van der Waals surface area contributed by atoms with Crippen molar-refractivity contribution in [1.29, 1.82) is 0 Å². The van der Waals surface area contributed by atoms with E-state index in [-0.39, 0.29) is 0 Å². The number of hydrogen-bond acceptors (Lipinski definition) is 0. The summed E-state index contributed by atoms with van der Waals surface area (Å²) in [7, 11) is 0. The highest BCUT2D eigenvalue weighted by atomic mass is 14.3. The minimum absolute atomic E-state index is 0.319. The molecule has 3 atom stereocenters. The Morgan fingerprint density at radius 1 is 0.867 bits per heavy atom. The first-order valence-corrected chi connectivity index (χ1v) is 12.5. The van der Waals surface area contributed by atoms with Gasteiger partial charge in [0.05, 0.1) is 0 Å². The Bertz CT molecular complexity index is 536. The molecule has 0 spiro atoms. The van der Waals surface area contributed by atoms with Crippen LogP contribution in [-0.2, 0) is 11.8 Å². The van der Waals surface area contributed by atoms with Crippen molar-refractivity contribution in [2.24, 2.45) is 17.8 Å². The molecule has 0 saturated heterocycles. The van der Waals surface area contributed by atoms with Crippen molar-refractivity contribution in [3.63, 3.8) is 0 Å². The Kier molecular flexibility index (Phi) is 17.9. The maximum atomic E-state index is 3.56. The summed E-state index contributed by atoms with van der Waals surface area (Å²) in [5.74, 6) is 2.38. The normalized spacial score (nSPS) is 13.7. The van der Waals surface area contributed by atoms with Crippen LogP contribution in [-0.4, -0.2) is 0 Å². The second-order valence-corrected chi connectivity index (χ2v) is 9.46. The van der Waals surface area contributed by atoms with Gasteiger partial charge in [0, 0.05) is 0 Å². The number of rotatable bonds is 11. The number of hydrogen-bond donors (Lipinski definition) is 0. The topological polar surface area (TPSA) is 0 Å². The Morgan fingerprint density at radius 2 is 1.23 bits per heavy atom. The molecule has 30 heavy (non-hydrogen) atoms. The van der Waals surface area contributed by atoms with Crippen LogP contribution in [0.15, 0.2) is 49.1 Å². The second-order valence-electron chi connectivity index (χ2n) is 9.46. The lowest BCUT2D eigenvalue weighted by molar-refractivity contribution is 0.280. The van der Waals surface area contributed by atoms with Crippen molar-refractivity contribution >= 4 is 0 Å². The fraction of sp³-hybridized carbons (Fsp3) is 0.667. The van der Waals surface area contributed by atoms with Gasteiger partial charge in [-0.1, -0.05) is 131 Å². The van der Waals surface area contributed by atoms with Gasteiger partial charge in [-0.05, 0) is 60.5 Å². The Labute approximate surface area is 191 Å². The van der Waals surface area contributed by atoms with Crippen LogP contribution < -0.4 is 0 Å². The van der Waals surface area contributed by atoms with Gasteiger partial charge in [-0.2, -0.15) is 0 Å². The van der Waals surface area contributed by atoms with E-state index in [1.165, 1.54) is 44.1 Å². The SMILES string of the molecule is C=CC(=C)C.CC.CCC(C)Cc1ccc(C(C)(C[C@@H](C)CC)C[C@@H](C)CC)cc1. The monoisotopic (exact) mass is 414 g/mol. The van der Waals surface area contributed by atoms with E-state index in [0.717, 1.165) is 23.3 Å². The average Bonchev–Trinajstić information content (AvgIpc) is 2.75. The van der Waals surface area contributed by atoms with Crippen LogP contribution in [0.1, 0.15) is 112 Å². The van der Waals surface area contributed by atoms with Crippen LogP contribution in [0.4, 0.5) is 0 Å². The molecule has 0 radical (unpaired) electrons. The summed E-state index contributed by atoms with van der Waals surface area (Å²) in [6, 6.07) is 9.60. The minimum Gasteiger partial charge on any atom is -0.0988 e. The fourth-order valence-electron chi connectivity index (χ4n) is 3.74. The van der Waals surface area contributed by atoms with Gasteiger partial charge in [-0.3, -0.25) is 0 Å². The number of benzene rings is 1. The summed E-state index contributed by atoms with van der Waals surface area (Å²) in [5, 5.41) is 0. The molecule has 1 unspecified atom stereocenters. The molecule has 1 aromatic rings. The van der Waals surface area contributed by atoms with Crippen molar-refractivity contribution in [2.75, 3.05) is 0 Å². The summed E-state index contributed by atoms with van der Waals surface area (Å²) in [6.45, 7) is 29.5. The summed E-state index contributed by atoms with van der Waals surface area (Å²) >= 11 is 0. The van der Waals surface area contributed by atoms with Gasteiger partial charge < -0.3 is 0 Å². The lowest BCUT2D eigenvalue weighted by Crippen LogP contribution is -2.27. The van der Waals surface area contributed by atoms with E-state index in [2.05, 4.69) is 85.9 Å². The molecule has 0 bridgehead atoms. The maximum absolute atomic E-state index is 3.56. The van der Waals surface area contributed by atoms with Gasteiger partial charge in [0.1, 0.15) is 0 Å². The zero-order valence-corrected chi connectivity index (χ0v) is 22.3. The van der Waals surface area contributed by atoms with Crippen LogP contribution >= 0.6 is 0 Å². The molecule has 0 N–H and O–H groups in total. The third kappa shape index (κ3) is 13.1. The minimum atomic E-state index is 0.319. The molecule has 174 valence electrons. The van der Waals surface area contributed by atoms with Gasteiger partial charge in [0.2, 0.25) is 0 Å². The fourth-order valence-corrected chi connectivity index (χ4v) is 3.74. The van der Waals surface area contributed by atoms with Crippen molar-refractivity contribution in [1.82, 2.24) is 0 Å². The van der Waals surface area contributed by atoms with Crippen LogP contribution in [0.25, 0.3) is 0 Å². The highest BCUT2D eigenvalue weighted by Crippen LogP contribution is 2.38. The Morgan fingerprint density at radius 3 is 1.53 bits per heavy atom. The van der Waals surface area contributed by atoms with Gasteiger partial charge in [-0.25, -0.2) is 0 Å². The molecular formula is C30H54. The van der Waals surface area contributed by atoms with Gasteiger partial charge >= 0.3 is 0 Å². The van der Waals surface area contributed by atoms with Crippen LogP contribution in [0.5, 0.6) is 0 Å².